The molecule has 1 saturated heterocycles. The zero-order valence-electron chi connectivity index (χ0n) is 13.4. The van der Waals surface area contributed by atoms with Gasteiger partial charge in [-0.3, -0.25) is 4.79 Å². The van der Waals surface area contributed by atoms with Crippen LogP contribution in [0.5, 0.6) is 0 Å². The molecule has 0 bridgehead atoms. The van der Waals surface area contributed by atoms with Crippen LogP contribution in [0.4, 0.5) is 0 Å². The molecule has 0 aromatic rings. The van der Waals surface area contributed by atoms with E-state index in [0.717, 1.165) is 19.3 Å². The maximum absolute atomic E-state index is 13.0. The van der Waals surface area contributed by atoms with Crippen molar-refractivity contribution in [1.82, 2.24) is 4.90 Å². The fraction of sp³-hybridized carbons (Fsp3) is 0.867. The molecule has 2 unspecified atom stereocenters. The lowest BCUT2D eigenvalue weighted by molar-refractivity contribution is -0.143. The van der Waals surface area contributed by atoms with Gasteiger partial charge in [-0.2, -0.15) is 0 Å². The second-order valence-corrected chi connectivity index (χ2v) is 6.15. The summed E-state index contributed by atoms with van der Waals surface area (Å²) in [4.78, 5) is 14.7. The summed E-state index contributed by atoms with van der Waals surface area (Å²) in [5, 5.41) is 22.3. The quantitative estimate of drug-likeness (QED) is 0.300. The lowest BCUT2D eigenvalue weighted by Gasteiger charge is -2.40. The van der Waals surface area contributed by atoms with Crippen molar-refractivity contribution in [2.45, 2.75) is 59.0 Å². The monoisotopic (exact) mass is 299 g/mol. The van der Waals surface area contributed by atoms with E-state index in [1.807, 2.05) is 20.8 Å². The SMILES string of the molecule is CCCC(CCC)(C(=O)N1CCC(C)C(O)C1)C(N)=NO. The molecule has 4 N–H and O–H groups in total. The number of β-amino-alcohol motifs (C(OH)–C–C–N with tert-alkyl or cyclic N) is 1. The van der Waals surface area contributed by atoms with Crippen molar-refractivity contribution in [2.24, 2.45) is 22.2 Å². The fourth-order valence-corrected chi connectivity index (χ4v) is 3.19. The number of aliphatic hydroxyl groups excluding tert-OH is 1. The molecule has 21 heavy (non-hydrogen) atoms. The van der Waals surface area contributed by atoms with Gasteiger partial charge in [0.25, 0.3) is 0 Å². The number of likely N-dealkylation sites (tertiary alicyclic amines) is 1. The van der Waals surface area contributed by atoms with Crippen LogP contribution in [0.2, 0.25) is 0 Å². The molecule has 1 rings (SSSR count). The van der Waals surface area contributed by atoms with E-state index in [2.05, 4.69) is 5.16 Å². The Balaban J connectivity index is 3.04. The van der Waals surface area contributed by atoms with Gasteiger partial charge in [-0.15, -0.1) is 0 Å². The highest BCUT2D eigenvalue weighted by Gasteiger charge is 2.45. The molecular formula is C15H29N3O3. The van der Waals surface area contributed by atoms with Crippen LogP contribution in [0.1, 0.15) is 52.9 Å². The van der Waals surface area contributed by atoms with Crippen LogP contribution in [0.15, 0.2) is 5.16 Å². The predicted molar refractivity (Wildman–Crippen MR) is 82.0 cm³/mol. The van der Waals surface area contributed by atoms with Gasteiger partial charge in [-0.05, 0) is 25.2 Å². The van der Waals surface area contributed by atoms with Crippen molar-refractivity contribution < 1.29 is 15.1 Å². The highest BCUT2D eigenvalue weighted by molar-refractivity contribution is 6.06. The number of aliphatic hydroxyl groups is 1. The van der Waals surface area contributed by atoms with Crippen LogP contribution in [-0.4, -0.2) is 46.1 Å². The summed E-state index contributed by atoms with van der Waals surface area (Å²) in [6.07, 6.45) is 2.92. The van der Waals surface area contributed by atoms with E-state index in [1.54, 1.807) is 4.90 Å². The lowest BCUT2D eigenvalue weighted by atomic mass is 9.76. The van der Waals surface area contributed by atoms with Gasteiger partial charge in [0.2, 0.25) is 5.91 Å². The van der Waals surface area contributed by atoms with Crippen molar-refractivity contribution in [3.8, 4) is 0 Å². The first-order chi connectivity index (χ1) is 9.92. The molecule has 2 atom stereocenters. The summed E-state index contributed by atoms with van der Waals surface area (Å²) < 4.78 is 0. The number of hydrogen-bond donors (Lipinski definition) is 3. The fourth-order valence-electron chi connectivity index (χ4n) is 3.19. The second-order valence-electron chi connectivity index (χ2n) is 6.15. The molecule has 0 saturated carbocycles. The number of nitrogens with two attached hydrogens (primary N) is 1. The van der Waals surface area contributed by atoms with Gasteiger partial charge >= 0.3 is 0 Å². The number of hydrogen-bond acceptors (Lipinski definition) is 4. The average molecular weight is 299 g/mol. The Hall–Kier alpha value is -1.30. The second kappa shape index (κ2) is 7.64. The zero-order valence-corrected chi connectivity index (χ0v) is 13.4. The third-order valence-corrected chi connectivity index (χ3v) is 4.57. The largest absolute Gasteiger partial charge is 0.409 e. The molecule has 1 aliphatic heterocycles. The molecule has 0 aromatic carbocycles. The minimum absolute atomic E-state index is 0.00990. The van der Waals surface area contributed by atoms with E-state index in [9.17, 15) is 9.90 Å². The Bertz CT molecular complexity index is 378. The van der Waals surface area contributed by atoms with Crippen molar-refractivity contribution in [2.75, 3.05) is 13.1 Å². The van der Waals surface area contributed by atoms with E-state index in [-0.39, 0.29) is 17.7 Å². The number of carbonyl (C=O) groups is 1. The van der Waals surface area contributed by atoms with Crippen molar-refractivity contribution in [1.29, 1.82) is 0 Å². The molecule has 0 aliphatic carbocycles. The first kappa shape index (κ1) is 17.8. The topological polar surface area (TPSA) is 99.2 Å². The summed E-state index contributed by atoms with van der Waals surface area (Å²) >= 11 is 0. The van der Waals surface area contributed by atoms with E-state index in [1.165, 1.54) is 0 Å². The minimum Gasteiger partial charge on any atom is -0.409 e. The Kier molecular flexibility index (Phi) is 6.45. The van der Waals surface area contributed by atoms with E-state index in [4.69, 9.17) is 10.9 Å². The van der Waals surface area contributed by atoms with Crippen LogP contribution in [0.25, 0.3) is 0 Å². The Labute approximate surface area is 127 Å². The molecule has 0 aromatic heterocycles. The number of nitrogens with zero attached hydrogens (tertiary/aromatic N) is 2. The molecule has 1 amide bonds. The molecule has 122 valence electrons. The predicted octanol–water partition coefficient (Wildman–Crippen LogP) is 1.55. The third kappa shape index (κ3) is 3.67. The zero-order chi connectivity index (χ0) is 16.0. The number of carbonyl (C=O) groups excluding carboxylic acids is 1. The number of amidine groups is 1. The molecule has 6 heteroatoms. The number of rotatable bonds is 6. The van der Waals surface area contributed by atoms with Crippen molar-refractivity contribution >= 4 is 11.7 Å². The summed E-state index contributed by atoms with van der Waals surface area (Å²) in [5.41, 5.74) is 4.94. The van der Waals surface area contributed by atoms with Gasteiger partial charge < -0.3 is 20.9 Å². The van der Waals surface area contributed by atoms with Gasteiger partial charge in [0.15, 0.2) is 5.84 Å². The smallest absolute Gasteiger partial charge is 0.236 e. The maximum Gasteiger partial charge on any atom is 0.236 e. The molecule has 1 heterocycles. The van der Waals surface area contributed by atoms with Gasteiger partial charge in [-0.1, -0.05) is 38.8 Å². The molecule has 6 nitrogen and oxygen atoms in total. The first-order valence-corrected chi connectivity index (χ1v) is 7.88. The number of oxime groups is 1. The van der Waals surface area contributed by atoms with Gasteiger partial charge in [0.1, 0.15) is 5.41 Å². The van der Waals surface area contributed by atoms with E-state index in [0.29, 0.717) is 25.9 Å². The van der Waals surface area contributed by atoms with Crippen LogP contribution < -0.4 is 5.73 Å². The molecule has 0 radical (unpaired) electrons. The Morgan fingerprint density at radius 1 is 1.38 bits per heavy atom. The third-order valence-electron chi connectivity index (χ3n) is 4.57. The molecular weight excluding hydrogens is 270 g/mol. The van der Waals surface area contributed by atoms with Crippen molar-refractivity contribution in [3.63, 3.8) is 0 Å². The van der Waals surface area contributed by atoms with Gasteiger partial charge in [0, 0.05) is 13.1 Å². The summed E-state index contributed by atoms with van der Waals surface area (Å²) in [5.74, 6) is 0.0708. The van der Waals surface area contributed by atoms with Crippen LogP contribution >= 0.6 is 0 Å². The molecule has 1 fully saturated rings. The van der Waals surface area contributed by atoms with E-state index >= 15 is 0 Å². The lowest BCUT2D eigenvalue weighted by Crippen LogP contribution is -2.55. The molecule has 0 spiro atoms. The average Bonchev–Trinajstić information content (AvgIpc) is 2.48. The Morgan fingerprint density at radius 2 is 1.95 bits per heavy atom. The van der Waals surface area contributed by atoms with Crippen molar-refractivity contribution in [3.05, 3.63) is 0 Å². The highest BCUT2D eigenvalue weighted by Crippen LogP contribution is 2.34. The van der Waals surface area contributed by atoms with E-state index < -0.39 is 11.5 Å². The highest BCUT2D eigenvalue weighted by atomic mass is 16.4. The van der Waals surface area contributed by atoms with Gasteiger partial charge in [-0.25, -0.2) is 0 Å². The standard InChI is InChI=1S/C15H29N3O3/c1-4-7-15(8-5-2,13(16)17-21)14(20)18-9-6-11(3)12(19)10-18/h11-12,19,21H,4-10H2,1-3H3,(H2,16,17). The van der Waals surface area contributed by atoms with Crippen LogP contribution in [0, 0.1) is 11.3 Å². The Morgan fingerprint density at radius 3 is 2.38 bits per heavy atom. The first-order valence-electron chi connectivity index (χ1n) is 7.88. The summed E-state index contributed by atoms with van der Waals surface area (Å²) in [7, 11) is 0. The van der Waals surface area contributed by atoms with Crippen LogP contribution in [-0.2, 0) is 4.79 Å². The molecule has 1 aliphatic rings. The normalized spacial score (nSPS) is 24.2. The van der Waals surface area contributed by atoms with Crippen LogP contribution in [0.3, 0.4) is 0 Å². The number of amides is 1. The maximum atomic E-state index is 13.0. The minimum atomic E-state index is -0.946. The summed E-state index contributed by atoms with van der Waals surface area (Å²) in [6, 6.07) is 0. The number of piperidine rings is 1. The van der Waals surface area contributed by atoms with Gasteiger partial charge in [0.05, 0.1) is 6.10 Å². The summed E-state index contributed by atoms with van der Waals surface area (Å²) in [6.45, 7) is 6.89.